The van der Waals surface area contributed by atoms with Gasteiger partial charge in [-0.25, -0.2) is 9.48 Å². The lowest BCUT2D eigenvalue weighted by atomic mass is 10.1. The molecule has 152 valence electrons. The molecule has 7 heteroatoms. The lowest BCUT2D eigenvalue weighted by Crippen LogP contribution is -2.29. The first kappa shape index (κ1) is 20.7. The normalized spacial score (nSPS) is 10.7. The molecule has 2 aromatic carbocycles. The van der Waals surface area contributed by atoms with Gasteiger partial charge in [0.2, 0.25) is 5.91 Å². The van der Waals surface area contributed by atoms with E-state index in [0.717, 1.165) is 15.8 Å². The highest BCUT2D eigenvalue weighted by Crippen LogP contribution is 2.14. The lowest BCUT2D eigenvalue weighted by molar-refractivity contribution is -0.137. The van der Waals surface area contributed by atoms with Crippen molar-refractivity contribution in [3.05, 3.63) is 88.7 Å². The van der Waals surface area contributed by atoms with Crippen molar-refractivity contribution < 1.29 is 14.3 Å². The molecule has 0 spiro atoms. The van der Waals surface area contributed by atoms with E-state index in [0.29, 0.717) is 18.0 Å². The topological polar surface area (TPSA) is 90.3 Å². The lowest BCUT2D eigenvalue weighted by Gasteiger charge is -2.08. The van der Waals surface area contributed by atoms with Crippen LogP contribution in [-0.4, -0.2) is 28.3 Å². The van der Waals surface area contributed by atoms with Gasteiger partial charge in [-0.05, 0) is 36.8 Å². The fourth-order valence-corrected chi connectivity index (χ4v) is 2.69. The number of anilines is 1. The third-order valence-corrected chi connectivity index (χ3v) is 4.12. The summed E-state index contributed by atoms with van der Waals surface area (Å²) in [6.45, 7) is 1.86. The Morgan fingerprint density at radius 3 is 2.47 bits per heavy atom. The molecule has 0 aliphatic rings. The van der Waals surface area contributed by atoms with Gasteiger partial charge in [0.15, 0.2) is 0 Å². The van der Waals surface area contributed by atoms with Crippen molar-refractivity contribution in [2.45, 2.75) is 13.5 Å². The van der Waals surface area contributed by atoms with E-state index in [1.54, 1.807) is 43.3 Å². The fraction of sp³-hybridized carbons (Fsp3) is 0.130. The molecule has 3 rings (SSSR count). The van der Waals surface area contributed by atoms with Crippen LogP contribution in [0.5, 0.6) is 0 Å². The Labute approximate surface area is 173 Å². The molecule has 30 heavy (non-hydrogen) atoms. The summed E-state index contributed by atoms with van der Waals surface area (Å²) in [5, 5.41) is 7.02. The molecule has 0 radical (unpaired) electrons. The van der Waals surface area contributed by atoms with Crippen LogP contribution in [0.15, 0.2) is 77.6 Å². The number of carbonyl (C=O) groups excluding carboxylic acids is 2. The van der Waals surface area contributed by atoms with Crippen molar-refractivity contribution in [3.63, 3.8) is 0 Å². The number of nitrogens with zero attached hydrogens (tertiary/aromatic N) is 2. The summed E-state index contributed by atoms with van der Waals surface area (Å²) in [7, 11) is 0. The molecule has 0 fully saturated rings. The number of nitrogens with one attached hydrogen (secondary N) is 1. The Hall–Kier alpha value is -4.00. The van der Waals surface area contributed by atoms with E-state index in [1.807, 2.05) is 30.3 Å². The van der Waals surface area contributed by atoms with Gasteiger partial charge in [0, 0.05) is 23.4 Å². The van der Waals surface area contributed by atoms with E-state index in [-0.39, 0.29) is 18.0 Å². The highest BCUT2D eigenvalue weighted by molar-refractivity contribution is 5.91. The molecule has 0 unspecified atom stereocenters. The summed E-state index contributed by atoms with van der Waals surface area (Å²) in [4.78, 5) is 35.8. The van der Waals surface area contributed by atoms with E-state index in [4.69, 9.17) is 4.74 Å². The molecule has 1 N–H and O–H groups in total. The summed E-state index contributed by atoms with van der Waals surface area (Å²) in [5.41, 5.74) is 2.47. The van der Waals surface area contributed by atoms with Gasteiger partial charge in [0.05, 0.1) is 12.3 Å². The number of carbonyl (C=O) groups is 2. The van der Waals surface area contributed by atoms with Gasteiger partial charge in [-0.1, -0.05) is 42.5 Å². The second-order valence-corrected chi connectivity index (χ2v) is 6.34. The van der Waals surface area contributed by atoms with Gasteiger partial charge < -0.3 is 10.1 Å². The largest absolute Gasteiger partial charge is 0.463 e. The molecule has 1 aromatic heterocycles. The van der Waals surface area contributed by atoms with Crippen LogP contribution in [0.2, 0.25) is 0 Å². The van der Waals surface area contributed by atoms with Crippen molar-refractivity contribution >= 4 is 23.6 Å². The van der Waals surface area contributed by atoms with Gasteiger partial charge >= 0.3 is 5.97 Å². The van der Waals surface area contributed by atoms with Crippen molar-refractivity contribution in [1.29, 1.82) is 0 Å². The second kappa shape index (κ2) is 9.97. The molecule has 0 aliphatic carbocycles. The van der Waals surface area contributed by atoms with Gasteiger partial charge in [-0.2, -0.15) is 5.10 Å². The van der Waals surface area contributed by atoms with Gasteiger partial charge in [0.25, 0.3) is 5.56 Å². The Morgan fingerprint density at radius 2 is 1.77 bits per heavy atom. The predicted octanol–water partition coefficient (Wildman–Crippen LogP) is 3.13. The maximum Gasteiger partial charge on any atom is 0.330 e. The van der Waals surface area contributed by atoms with Crippen LogP contribution in [0, 0.1) is 0 Å². The monoisotopic (exact) mass is 403 g/mol. The zero-order valence-corrected chi connectivity index (χ0v) is 16.4. The van der Waals surface area contributed by atoms with Crippen LogP contribution in [0.25, 0.3) is 17.3 Å². The zero-order valence-electron chi connectivity index (χ0n) is 16.4. The molecule has 1 amide bonds. The van der Waals surface area contributed by atoms with Gasteiger partial charge in [-0.15, -0.1) is 0 Å². The number of esters is 1. The molecule has 0 saturated carbocycles. The highest BCUT2D eigenvalue weighted by atomic mass is 16.5. The smallest absolute Gasteiger partial charge is 0.330 e. The highest BCUT2D eigenvalue weighted by Gasteiger charge is 2.08. The zero-order chi connectivity index (χ0) is 21.3. The fourth-order valence-electron chi connectivity index (χ4n) is 2.69. The molecule has 7 nitrogen and oxygen atoms in total. The molecule has 0 atom stereocenters. The van der Waals surface area contributed by atoms with E-state index in [9.17, 15) is 14.4 Å². The number of rotatable bonds is 7. The number of amides is 1. The summed E-state index contributed by atoms with van der Waals surface area (Å²) in [6, 6.07) is 19.4. The maximum atomic E-state index is 12.4. The first-order chi connectivity index (χ1) is 14.5. The minimum atomic E-state index is -0.412. The quantitative estimate of drug-likeness (QED) is 0.484. The van der Waals surface area contributed by atoms with E-state index in [1.165, 1.54) is 12.1 Å². The van der Waals surface area contributed by atoms with Crippen molar-refractivity contribution in [2.24, 2.45) is 0 Å². The number of hydrogen-bond acceptors (Lipinski definition) is 5. The molecular weight excluding hydrogens is 382 g/mol. The summed E-state index contributed by atoms with van der Waals surface area (Å²) in [6.07, 6.45) is 2.97. The standard InChI is InChI=1S/C23H21N3O4/c1-2-30-23(29)15-10-17-8-11-19(12-9-17)24-21(27)16-26-22(28)14-13-20(25-26)18-6-4-3-5-7-18/h3-15H,2,16H2,1H3,(H,24,27)/b15-10+. The molecular formula is C23H21N3O4. The Balaban J connectivity index is 1.64. The van der Waals surface area contributed by atoms with Crippen molar-refractivity contribution in [3.8, 4) is 11.3 Å². The van der Waals surface area contributed by atoms with Crippen LogP contribution >= 0.6 is 0 Å². The molecule has 0 aliphatic heterocycles. The Kier molecular flexibility index (Phi) is 6.89. The van der Waals surface area contributed by atoms with Gasteiger partial charge in [0.1, 0.15) is 6.54 Å². The number of aromatic nitrogens is 2. The van der Waals surface area contributed by atoms with Crippen molar-refractivity contribution in [1.82, 2.24) is 9.78 Å². The van der Waals surface area contributed by atoms with E-state index < -0.39 is 5.97 Å². The van der Waals surface area contributed by atoms with E-state index in [2.05, 4.69) is 10.4 Å². The SMILES string of the molecule is CCOC(=O)/C=C/c1ccc(NC(=O)Cn2nc(-c3ccccc3)ccc2=O)cc1. The van der Waals surface area contributed by atoms with E-state index >= 15 is 0 Å². The average molecular weight is 403 g/mol. The number of benzene rings is 2. The first-order valence-corrected chi connectivity index (χ1v) is 9.43. The number of hydrogen-bond donors (Lipinski definition) is 1. The minimum absolute atomic E-state index is 0.204. The maximum absolute atomic E-state index is 12.4. The van der Waals surface area contributed by atoms with Crippen LogP contribution in [0.3, 0.4) is 0 Å². The van der Waals surface area contributed by atoms with Crippen LogP contribution in [0.4, 0.5) is 5.69 Å². The minimum Gasteiger partial charge on any atom is -0.463 e. The average Bonchev–Trinajstić information content (AvgIpc) is 2.75. The van der Waals surface area contributed by atoms with Crippen LogP contribution in [-0.2, 0) is 20.9 Å². The second-order valence-electron chi connectivity index (χ2n) is 6.34. The molecule has 1 heterocycles. The molecule has 0 bridgehead atoms. The third kappa shape index (κ3) is 5.75. The predicted molar refractivity (Wildman–Crippen MR) is 115 cm³/mol. The van der Waals surface area contributed by atoms with Crippen molar-refractivity contribution in [2.75, 3.05) is 11.9 Å². The third-order valence-electron chi connectivity index (χ3n) is 4.12. The van der Waals surface area contributed by atoms with Gasteiger partial charge in [-0.3, -0.25) is 9.59 Å². The Bertz CT molecular complexity index is 1100. The van der Waals surface area contributed by atoms with Crippen LogP contribution in [0.1, 0.15) is 12.5 Å². The first-order valence-electron chi connectivity index (χ1n) is 9.43. The van der Waals surface area contributed by atoms with Crippen LogP contribution < -0.4 is 10.9 Å². The Morgan fingerprint density at radius 1 is 1.03 bits per heavy atom. The molecule has 0 saturated heterocycles. The summed E-state index contributed by atoms with van der Waals surface area (Å²) < 4.78 is 5.96. The molecule has 3 aromatic rings. The summed E-state index contributed by atoms with van der Waals surface area (Å²) >= 11 is 0. The number of ether oxygens (including phenoxy) is 1. The summed E-state index contributed by atoms with van der Waals surface area (Å²) in [5.74, 6) is -0.782.